The van der Waals surface area contributed by atoms with Gasteiger partial charge in [-0.1, -0.05) is 12.1 Å². The zero-order chi connectivity index (χ0) is 19.3. The average molecular weight is 376 g/mol. The summed E-state index contributed by atoms with van der Waals surface area (Å²) in [5, 5.41) is 12.0. The molecule has 5 rings (SSSR count). The number of aromatic nitrogens is 2. The van der Waals surface area contributed by atoms with Crippen LogP contribution in [0.2, 0.25) is 0 Å². The van der Waals surface area contributed by atoms with Gasteiger partial charge in [0, 0.05) is 36.6 Å². The lowest BCUT2D eigenvalue weighted by Crippen LogP contribution is -2.41. The van der Waals surface area contributed by atoms with Gasteiger partial charge in [-0.2, -0.15) is 0 Å². The number of hydrogen-bond acceptors (Lipinski definition) is 4. The second-order valence-corrected chi connectivity index (χ2v) is 7.60. The average Bonchev–Trinajstić information content (AvgIpc) is 3.33. The molecule has 2 aromatic heterocycles. The van der Waals surface area contributed by atoms with E-state index in [0.29, 0.717) is 12.1 Å². The Bertz CT molecular complexity index is 1110. The van der Waals surface area contributed by atoms with E-state index in [4.69, 9.17) is 5.21 Å². The number of nitrogens with one attached hydrogen (secondary N) is 2. The molecule has 7 nitrogen and oxygen atoms in total. The van der Waals surface area contributed by atoms with Crippen molar-refractivity contribution in [3.8, 4) is 0 Å². The Morgan fingerprint density at radius 1 is 1.29 bits per heavy atom. The summed E-state index contributed by atoms with van der Waals surface area (Å²) in [6.07, 6.45) is 7.94. The number of amides is 2. The van der Waals surface area contributed by atoms with Crippen molar-refractivity contribution in [2.24, 2.45) is 5.41 Å². The molecule has 1 spiro atoms. The first-order valence-corrected chi connectivity index (χ1v) is 9.40. The molecule has 2 aliphatic rings. The summed E-state index contributed by atoms with van der Waals surface area (Å²) in [6, 6.07) is 9.47. The van der Waals surface area contributed by atoms with Crippen LogP contribution in [0.25, 0.3) is 5.65 Å². The van der Waals surface area contributed by atoms with Crippen LogP contribution in [-0.4, -0.2) is 33.0 Å². The fourth-order valence-electron chi connectivity index (χ4n) is 4.92. The standard InChI is InChI=1S/C21H20N4O3/c26-19(24-28)14-1-3-16-13(11-14)5-6-21(7-8-23-20(21)27)18(16)15-2-4-17-22-9-10-25(17)12-15/h1-4,9-12,18,28H,5-8H2,(H,23,27)(H,24,26)/t18?,21-/m1/s1. The summed E-state index contributed by atoms with van der Waals surface area (Å²) >= 11 is 0. The Labute approximate surface area is 161 Å². The summed E-state index contributed by atoms with van der Waals surface area (Å²) in [4.78, 5) is 29.1. The highest BCUT2D eigenvalue weighted by atomic mass is 16.5. The highest BCUT2D eigenvalue weighted by molar-refractivity contribution is 5.94. The maximum atomic E-state index is 13.0. The van der Waals surface area contributed by atoms with Gasteiger partial charge in [0.25, 0.3) is 5.91 Å². The lowest BCUT2D eigenvalue weighted by atomic mass is 9.61. The van der Waals surface area contributed by atoms with Crippen LogP contribution in [-0.2, 0) is 11.2 Å². The number of imidazole rings is 1. The van der Waals surface area contributed by atoms with Gasteiger partial charge in [0.1, 0.15) is 5.65 Å². The summed E-state index contributed by atoms with van der Waals surface area (Å²) in [5.74, 6) is -0.527. The second-order valence-electron chi connectivity index (χ2n) is 7.60. The van der Waals surface area contributed by atoms with E-state index in [-0.39, 0.29) is 11.8 Å². The molecule has 2 atom stereocenters. The van der Waals surface area contributed by atoms with Gasteiger partial charge in [0.05, 0.1) is 5.41 Å². The Morgan fingerprint density at radius 2 is 2.18 bits per heavy atom. The smallest absolute Gasteiger partial charge is 0.274 e. The van der Waals surface area contributed by atoms with Crippen LogP contribution in [0.5, 0.6) is 0 Å². The van der Waals surface area contributed by atoms with Crippen molar-refractivity contribution in [2.45, 2.75) is 25.2 Å². The molecule has 1 fully saturated rings. The second kappa shape index (κ2) is 6.17. The SMILES string of the molecule is O=C(NO)c1ccc2c(c1)CC[C@@]1(CCNC1=O)C2c1ccc2nccn2c1. The highest BCUT2D eigenvalue weighted by Crippen LogP contribution is 2.53. The number of hydroxylamine groups is 1. The van der Waals surface area contributed by atoms with E-state index in [1.165, 1.54) is 0 Å². The van der Waals surface area contributed by atoms with Crippen LogP contribution in [0.3, 0.4) is 0 Å². The first-order valence-electron chi connectivity index (χ1n) is 9.40. The minimum atomic E-state index is -0.530. The number of nitrogens with zero attached hydrogens (tertiary/aromatic N) is 2. The van der Waals surface area contributed by atoms with Gasteiger partial charge in [0.15, 0.2) is 0 Å². The van der Waals surface area contributed by atoms with E-state index < -0.39 is 11.3 Å². The number of carbonyl (C=O) groups is 2. The van der Waals surface area contributed by atoms with Crippen LogP contribution < -0.4 is 10.8 Å². The molecule has 3 aromatic rings. The van der Waals surface area contributed by atoms with Crippen molar-refractivity contribution in [1.29, 1.82) is 0 Å². The summed E-state index contributed by atoms with van der Waals surface area (Å²) in [5.41, 5.74) is 5.65. The van der Waals surface area contributed by atoms with Crippen LogP contribution in [0.15, 0.2) is 48.9 Å². The van der Waals surface area contributed by atoms with Crippen molar-refractivity contribution >= 4 is 17.5 Å². The number of fused-ring (bicyclic) bond motifs is 2. The molecule has 3 heterocycles. The van der Waals surface area contributed by atoms with Gasteiger partial charge < -0.3 is 9.72 Å². The maximum Gasteiger partial charge on any atom is 0.274 e. The van der Waals surface area contributed by atoms with Crippen molar-refractivity contribution in [3.63, 3.8) is 0 Å². The van der Waals surface area contributed by atoms with Crippen molar-refractivity contribution in [2.75, 3.05) is 6.54 Å². The molecule has 28 heavy (non-hydrogen) atoms. The number of pyridine rings is 1. The molecular weight excluding hydrogens is 356 g/mol. The fraction of sp³-hybridized carbons (Fsp3) is 0.286. The van der Waals surface area contributed by atoms with Crippen molar-refractivity contribution in [3.05, 3.63) is 71.2 Å². The molecule has 3 N–H and O–H groups in total. The summed E-state index contributed by atoms with van der Waals surface area (Å²) < 4.78 is 1.97. The molecule has 0 saturated carbocycles. The first kappa shape index (κ1) is 16.9. The van der Waals surface area contributed by atoms with E-state index in [1.54, 1.807) is 17.7 Å². The van der Waals surface area contributed by atoms with E-state index in [1.807, 2.05) is 41.1 Å². The number of carbonyl (C=O) groups excluding carboxylic acids is 2. The summed E-state index contributed by atoms with van der Waals surface area (Å²) in [7, 11) is 0. The van der Waals surface area contributed by atoms with Crippen LogP contribution >= 0.6 is 0 Å². The lowest BCUT2D eigenvalue weighted by Gasteiger charge is -2.41. The zero-order valence-electron chi connectivity index (χ0n) is 15.2. The number of rotatable bonds is 2. The predicted molar refractivity (Wildman–Crippen MR) is 101 cm³/mol. The Balaban J connectivity index is 1.69. The Kier molecular flexibility index (Phi) is 3.73. The van der Waals surface area contributed by atoms with Crippen molar-refractivity contribution in [1.82, 2.24) is 20.2 Å². The van der Waals surface area contributed by atoms with Crippen LogP contribution in [0, 0.1) is 5.41 Å². The van der Waals surface area contributed by atoms with Gasteiger partial charge in [-0.3, -0.25) is 14.8 Å². The van der Waals surface area contributed by atoms with Crippen LogP contribution in [0.1, 0.15) is 45.8 Å². The normalized spacial score (nSPS) is 23.6. The topological polar surface area (TPSA) is 95.7 Å². The van der Waals surface area contributed by atoms with Gasteiger partial charge in [-0.25, -0.2) is 10.5 Å². The molecule has 2 amide bonds. The highest BCUT2D eigenvalue weighted by Gasteiger charge is 2.52. The molecule has 1 saturated heterocycles. The predicted octanol–water partition coefficient (Wildman–Crippen LogP) is 2.04. The molecule has 0 radical (unpaired) electrons. The molecule has 7 heteroatoms. The lowest BCUT2D eigenvalue weighted by molar-refractivity contribution is -0.129. The monoisotopic (exact) mass is 376 g/mol. The molecule has 1 aliphatic carbocycles. The Hall–Kier alpha value is -3.19. The maximum absolute atomic E-state index is 13.0. The summed E-state index contributed by atoms with van der Waals surface area (Å²) in [6.45, 7) is 0.684. The largest absolute Gasteiger partial charge is 0.356 e. The van der Waals surface area contributed by atoms with Gasteiger partial charge in [-0.15, -0.1) is 0 Å². The van der Waals surface area contributed by atoms with Crippen LogP contribution in [0.4, 0.5) is 0 Å². The quantitative estimate of drug-likeness (QED) is 0.471. The third-order valence-corrected chi connectivity index (χ3v) is 6.26. The number of hydrogen-bond donors (Lipinski definition) is 3. The van der Waals surface area contributed by atoms with E-state index in [9.17, 15) is 9.59 Å². The number of aryl methyl sites for hydroxylation is 1. The van der Waals surface area contributed by atoms with Gasteiger partial charge >= 0.3 is 0 Å². The third kappa shape index (κ3) is 2.36. The molecule has 1 aliphatic heterocycles. The third-order valence-electron chi connectivity index (χ3n) is 6.26. The molecule has 1 unspecified atom stereocenters. The van der Waals surface area contributed by atoms with Gasteiger partial charge in [0.2, 0.25) is 5.91 Å². The minimum Gasteiger partial charge on any atom is -0.356 e. The molecule has 142 valence electrons. The molecule has 1 aromatic carbocycles. The van der Waals surface area contributed by atoms with E-state index in [2.05, 4.69) is 10.3 Å². The first-order chi connectivity index (χ1) is 13.6. The molecular formula is C21H20N4O3. The minimum absolute atomic E-state index is 0.100. The Morgan fingerprint density at radius 3 is 2.96 bits per heavy atom. The van der Waals surface area contributed by atoms with Gasteiger partial charge in [-0.05, 0) is 54.2 Å². The fourth-order valence-corrected chi connectivity index (χ4v) is 4.92. The number of benzene rings is 1. The van der Waals surface area contributed by atoms with Crippen molar-refractivity contribution < 1.29 is 14.8 Å². The van der Waals surface area contributed by atoms with E-state index in [0.717, 1.165) is 41.6 Å². The zero-order valence-corrected chi connectivity index (χ0v) is 15.2. The van der Waals surface area contributed by atoms with E-state index >= 15 is 0 Å². The molecule has 0 bridgehead atoms.